The van der Waals surface area contributed by atoms with Gasteiger partial charge in [0.25, 0.3) is 0 Å². The van der Waals surface area contributed by atoms with E-state index in [9.17, 15) is 14.4 Å². The second-order valence-electron chi connectivity index (χ2n) is 19.2. The Morgan fingerprint density at radius 2 is 0.565 bits per heavy atom. The second-order valence-corrected chi connectivity index (χ2v) is 19.2. The highest BCUT2D eigenvalue weighted by atomic mass is 16.6. The molecule has 6 nitrogen and oxygen atoms in total. The van der Waals surface area contributed by atoms with Crippen LogP contribution in [0.5, 0.6) is 0 Å². The van der Waals surface area contributed by atoms with Crippen molar-refractivity contribution in [3.8, 4) is 0 Å². The normalized spacial score (nSPS) is 12.7. The summed E-state index contributed by atoms with van der Waals surface area (Å²) in [6.45, 7) is 6.48. The monoisotopic (exact) mass is 961 g/mol. The van der Waals surface area contributed by atoms with Crippen molar-refractivity contribution in [3.05, 3.63) is 85.1 Å². The first-order valence-electron chi connectivity index (χ1n) is 29.1. The van der Waals surface area contributed by atoms with E-state index < -0.39 is 6.10 Å². The minimum Gasteiger partial charge on any atom is -0.462 e. The molecule has 1 unspecified atom stereocenters. The van der Waals surface area contributed by atoms with Crippen LogP contribution in [0.25, 0.3) is 0 Å². The maximum absolute atomic E-state index is 12.8. The van der Waals surface area contributed by atoms with Crippen LogP contribution in [-0.4, -0.2) is 37.2 Å². The number of ether oxygens (including phenoxy) is 3. The SMILES string of the molecule is CC/C=C\C/C=C\C/C=C\C/C=C\C/C=C\C/C=C\C/C=C\CCCCCC(=O)OCC(COC(=O)CCCCCCCCC)OC(=O)CCCCCCCCCCCCCCCCCCCCC. The van der Waals surface area contributed by atoms with Crippen molar-refractivity contribution in [2.24, 2.45) is 0 Å². The molecular weight excluding hydrogens is 853 g/mol. The Morgan fingerprint density at radius 1 is 0.304 bits per heavy atom. The third kappa shape index (κ3) is 55.4. The van der Waals surface area contributed by atoms with Crippen molar-refractivity contribution in [3.63, 3.8) is 0 Å². The largest absolute Gasteiger partial charge is 0.462 e. The first-order valence-corrected chi connectivity index (χ1v) is 29.1. The minimum absolute atomic E-state index is 0.0849. The first kappa shape index (κ1) is 65.6. The van der Waals surface area contributed by atoms with Crippen molar-refractivity contribution < 1.29 is 28.6 Å². The predicted molar refractivity (Wildman–Crippen MR) is 297 cm³/mol. The molecule has 0 aromatic carbocycles. The number of carbonyl (C=O) groups excluding carboxylic acids is 3. The molecule has 69 heavy (non-hydrogen) atoms. The van der Waals surface area contributed by atoms with Gasteiger partial charge in [0.05, 0.1) is 0 Å². The highest BCUT2D eigenvalue weighted by Crippen LogP contribution is 2.16. The fourth-order valence-corrected chi connectivity index (χ4v) is 8.07. The van der Waals surface area contributed by atoms with Gasteiger partial charge in [-0.25, -0.2) is 0 Å². The maximum atomic E-state index is 12.8. The lowest BCUT2D eigenvalue weighted by Crippen LogP contribution is -2.30. The van der Waals surface area contributed by atoms with Crippen LogP contribution in [0.3, 0.4) is 0 Å². The summed E-state index contributed by atoms with van der Waals surface area (Å²) in [5.41, 5.74) is 0. The van der Waals surface area contributed by atoms with E-state index >= 15 is 0 Å². The van der Waals surface area contributed by atoms with Crippen LogP contribution in [0.2, 0.25) is 0 Å². The molecule has 0 aromatic heterocycles. The Labute approximate surface area is 426 Å². The molecule has 0 radical (unpaired) electrons. The number of unbranched alkanes of at least 4 members (excludes halogenated alkanes) is 27. The summed E-state index contributed by atoms with van der Waals surface area (Å²) in [6.07, 6.45) is 74.6. The zero-order valence-corrected chi connectivity index (χ0v) is 45.3. The van der Waals surface area contributed by atoms with E-state index in [2.05, 4.69) is 106 Å². The van der Waals surface area contributed by atoms with E-state index in [0.29, 0.717) is 19.3 Å². The van der Waals surface area contributed by atoms with Gasteiger partial charge in [-0.1, -0.05) is 266 Å². The molecule has 0 N–H and O–H groups in total. The average Bonchev–Trinajstić information content (AvgIpc) is 3.35. The van der Waals surface area contributed by atoms with Crippen molar-refractivity contribution in [1.29, 1.82) is 0 Å². The van der Waals surface area contributed by atoms with Gasteiger partial charge in [-0.15, -0.1) is 0 Å². The standard InChI is InChI=1S/C63H108O6/c1-4-7-10-13-16-18-20-22-24-26-28-29-30-31-32-33-35-36-38-40-42-44-47-50-53-56-62(65)68-59-60(58-67-61(64)55-52-49-46-15-12-9-6-3)69-63(66)57-54-51-48-45-43-41-39-37-34-27-25-23-21-19-17-14-11-8-5-2/h7,10,16,18,22,24,28-29,31-32,35-36,40,42,60H,4-6,8-9,11-15,17,19-21,23,25-27,30,33-34,37-39,41,43-59H2,1-3H3/b10-7-,18-16-,24-22-,29-28-,32-31-,36-35-,42-40-. The Kier molecular flexibility index (Phi) is 54.3. The van der Waals surface area contributed by atoms with Gasteiger partial charge in [0, 0.05) is 19.3 Å². The van der Waals surface area contributed by atoms with Gasteiger partial charge in [-0.2, -0.15) is 0 Å². The third-order valence-corrected chi connectivity index (χ3v) is 12.4. The number of rotatable bonds is 52. The topological polar surface area (TPSA) is 78.9 Å². The molecule has 0 aliphatic carbocycles. The molecule has 0 aromatic rings. The molecule has 0 fully saturated rings. The fourth-order valence-electron chi connectivity index (χ4n) is 8.07. The van der Waals surface area contributed by atoms with E-state index in [1.807, 2.05) is 0 Å². The Morgan fingerprint density at radius 3 is 0.884 bits per heavy atom. The van der Waals surface area contributed by atoms with Crippen LogP contribution in [0.1, 0.15) is 278 Å². The van der Waals surface area contributed by atoms with E-state index in [1.54, 1.807) is 0 Å². The number of allylic oxidation sites excluding steroid dienone is 14. The molecule has 0 spiro atoms. The molecule has 396 valence electrons. The van der Waals surface area contributed by atoms with E-state index in [0.717, 1.165) is 109 Å². The van der Waals surface area contributed by atoms with E-state index in [-0.39, 0.29) is 31.1 Å². The summed E-state index contributed by atoms with van der Waals surface area (Å²) >= 11 is 0. The van der Waals surface area contributed by atoms with Crippen molar-refractivity contribution in [2.45, 2.75) is 284 Å². The maximum Gasteiger partial charge on any atom is 0.306 e. The summed E-state index contributed by atoms with van der Waals surface area (Å²) < 4.78 is 16.8. The fraction of sp³-hybridized carbons (Fsp3) is 0.730. The van der Waals surface area contributed by atoms with Gasteiger partial charge in [-0.3, -0.25) is 14.4 Å². The predicted octanol–water partition coefficient (Wildman–Crippen LogP) is 19.5. The number of carbonyl (C=O) groups is 3. The molecule has 0 aliphatic heterocycles. The first-order chi connectivity index (χ1) is 34.0. The zero-order chi connectivity index (χ0) is 50.0. The van der Waals surface area contributed by atoms with Crippen LogP contribution in [0, 0.1) is 0 Å². The van der Waals surface area contributed by atoms with Gasteiger partial charge in [0.15, 0.2) is 6.10 Å². The Hall–Kier alpha value is -3.41. The van der Waals surface area contributed by atoms with Crippen LogP contribution >= 0.6 is 0 Å². The third-order valence-electron chi connectivity index (χ3n) is 12.4. The quantitative estimate of drug-likeness (QED) is 0.0262. The van der Waals surface area contributed by atoms with Crippen LogP contribution in [0.4, 0.5) is 0 Å². The van der Waals surface area contributed by atoms with Gasteiger partial charge in [-0.05, 0) is 77.0 Å². The molecule has 1 atom stereocenters. The highest BCUT2D eigenvalue weighted by Gasteiger charge is 2.19. The van der Waals surface area contributed by atoms with Crippen LogP contribution in [-0.2, 0) is 28.6 Å². The van der Waals surface area contributed by atoms with Crippen LogP contribution in [0.15, 0.2) is 85.1 Å². The Balaban J connectivity index is 4.26. The van der Waals surface area contributed by atoms with E-state index in [1.165, 1.54) is 128 Å². The highest BCUT2D eigenvalue weighted by molar-refractivity contribution is 5.71. The Bertz CT molecular complexity index is 1330. The summed E-state index contributed by atoms with van der Waals surface area (Å²) in [4.78, 5) is 38.0. The second kappa shape index (κ2) is 57.2. The van der Waals surface area contributed by atoms with Crippen LogP contribution < -0.4 is 0 Å². The number of hydrogen-bond donors (Lipinski definition) is 0. The molecule has 0 heterocycles. The molecule has 0 rings (SSSR count). The molecule has 0 saturated carbocycles. The van der Waals surface area contributed by atoms with Crippen molar-refractivity contribution in [1.82, 2.24) is 0 Å². The number of esters is 3. The smallest absolute Gasteiger partial charge is 0.306 e. The molecular formula is C63H108O6. The summed E-state index contributed by atoms with van der Waals surface area (Å²) in [6, 6.07) is 0. The van der Waals surface area contributed by atoms with E-state index in [4.69, 9.17) is 14.2 Å². The van der Waals surface area contributed by atoms with Gasteiger partial charge >= 0.3 is 17.9 Å². The van der Waals surface area contributed by atoms with Crippen molar-refractivity contribution in [2.75, 3.05) is 13.2 Å². The lowest BCUT2D eigenvalue weighted by Gasteiger charge is -2.18. The van der Waals surface area contributed by atoms with Gasteiger partial charge in [0.1, 0.15) is 13.2 Å². The molecule has 0 saturated heterocycles. The molecule has 6 heteroatoms. The lowest BCUT2D eigenvalue weighted by atomic mass is 10.0. The summed E-state index contributed by atoms with van der Waals surface area (Å²) in [5, 5.41) is 0. The zero-order valence-electron chi connectivity index (χ0n) is 45.3. The summed E-state index contributed by atoms with van der Waals surface area (Å²) in [5.74, 6) is -0.918. The summed E-state index contributed by atoms with van der Waals surface area (Å²) in [7, 11) is 0. The number of hydrogen-bond acceptors (Lipinski definition) is 6. The average molecular weight is 962 g/mol. The molecule has 0 aliphatic rings. The molecule has 0 bridgehead atoms. The van der Waals surface area contributed by atoms with Gasteiger partial charge in [0.2, 0.25) is 0 Å². The minimum atomic E-state index is -0.786. The molecule has 0 amide bonds. The van der Waals surface area contributed by atoms with Gasteiger partial charge < -0.3 is 14.2 Å². The lowest BCUT2D eigenvalue weighted by molar-refractivity contribution is -0.167. The van der Waals surface area contributed by atoms with Crippen molar-refractivity contribution >= 4 is 17.9 Å².